The zero-order valence-electron chi connectivity index (χ0n) is 13.1. The lowest BCUT2D eigenvalue weighted by Crippen LogP contribution is -2.40. The zero-order valence-corrected chi connectivity index (χ0v) is 13.1. The number of benzene rings is 1. The Hall–Kier alpha value is -3.23. The van der Waals surface area contributed by atoms with Gasteiger partial charge in [-0.1, -0.05) is 12.1 Å². The average molecular weight is 348 g/mol. The molecule has 0 spiro atoms. The van der Waals surface area contributed by atoms with Crippen molar-refractivity contribution in [3.8, 4) is 5.75 Å². The summed E-state index contributed by atoms with van der Waals surface area (Å²) in [5, 5.41) is 7.19. The summed E-state index contributed by atoms with van der Waals surface area (Å²) in [6.07, 6.45) is 3.03. The molecule has 1 atom stereocenters. The third-order valence-electron chi connectivity index (χ3n) is 3.76. The Labute approximate surface area is 141 Å². The Bertz CT molecular complexity index is 805. The van der Waals surface area contributed by atoms with E-state index in [1.807, 2.05) is 0 Å². The summed E-state index contributed by atoms with van der Waals surface area (Å²) in [6, 6.07) is 8.28. The largest absolute Gasteiger partial charge is 0.435 e. The minimum Gasteiger partial charge on any atom is -0.435 e. The number of ether oxygens (including phenoxy) is 1. The van der Waals surface area contributed by atoms with Gasteiger partial charge in [-0.3, -0.25) is 4.79 Å². The van der Waals surface area contributed by atoms with Crippen LogP contribution in [0.25, 0.3) is 0 Å². The quantitative estimate of drug-likeness (QED) is 0.643. The second-order valence-corrected chi connectivity index (χ2v) is 5.45. The number of nitrogens with zero attached hydrogens (tertiary/aromatic N) is 2. The van der Waals surface area contributed by atoms with Gasteiger partial charge < -0.3 is 15.0 Å². The Morgan fingerprint density at radius 2 is 1.96 bits per heavy atom. The zero-order chi connectivity index (χ0) is 18.0. The van der Waals surface area contributed by atoms with Crippen molar-refractivity contribution in [1.82, 2.24) is 15.3 Å². The van der Waals surface area contributed by atoms with Gasteiger partial charge in [-0.05, 0) is 36.8 Å². The fourth-order valence-corrected chi connectivity index (χ4v) is 2.44. The van der Waals surface area contributed by atoms with Gasteiger partial charge >= 0.3 is 12.6 Å². The minimum absolute atomic E-state index is 0.0410. The van der Waals surface area contributed by atoms with Crippen LogP contribution < -0.4 is 10.1 Å². The van der Waals surface area contributed by atoms with E-state index in [0.29, 0.717) is 11.3 Å². The molecule has 0 bridgehead atoms. The number of nitrogens with one attached hydrogen (secondary N) is 2. The SMILES string of the molecule is C[C@]1(c2ccc(OC(F)F)cc2)NC(=O)N(/N=C/c2ccc[nH]2)C1=O. The number of amides is 3. The van der Waals surface area contributed by atoms with Crippen molar-refractivity contribution in [2.45, 2.75) is 19.1 Å². The number of hydrogen-bond acceptors (Lipinski definition) is 4. The molecule has 9 heteroatoms. The summed E-state index contributed by atoms with van der Waals surface area (Å²) in [5.74, 6) is -0.622. The van der Waals surface area contributed by atoms with Gasteiger partial charge in [0.15, 0.2) is 0 Å². The molecular weight excluding hydrogens is 334 g/mol. The second-order valence-electron chi connectivity index (χ2n) is 5.45. The van der Waals surface area contributed by atoms with Gasteiger partial charge in [-0.2, -0.15) is 13.9 Å². The predicted octanol–water partition coefficient (Wildman–Crippen LogP) is 2.42. The number of hydrogen-bond donors (Lipinski definition) is 2. The van der Waals surface area contributed by atoms with Crippen molar-refractivity contribution in [3.63, 3.8) is 0 Å². The van der Waals surface area contributed by atoms with Crippen LogP contribution in [0.3, 0.4) is 0 Å². The van der Waals surface area contributed by atoms with Crippen molar-refractivity contribution in [1.29, 1.82) is 0 Å². The van der Waals surface area contributed by atoms with Gasteiger partial charge in [-0.25, -0.2) is 4.79 Å². The molecule has 1 aliphatic rings. The van der Waals surface area contributed by atoms with Crippen molar-refractivity contribution < 1.29 is 23.1 Å². The standard InChI is InChI=1S/C16H14F2N4O3/c1-16(10-4-6-12(7-5-10)25-14(17)18)13(23)22(15(24)21-16)20-9-11-3-2-8-19-11/h2-9,14,19H,1H3,(H,21,24)/b20-9+/t16-/m1/s1. The molecule has 1 aliphatic heterocycles. The highest BCUT2D eigenvalue weighted by atomic mass is 19.3. The molecule has 3 amide bonds. The maximum absolute atomic E-state index is 12.6. The number of carbonyl (C=O) groups excluding carboxylic acids is 2. The topological polar surface area (TPSA) is 86.8 Å². The molecule has 7 nitrogen and oxygen atoms in total. The highest BCUT2D eigenvalue weighted by Gasteiger charge is 2.49. The molecule has 0 unspecified atom stereocenters. The number of aromatic nitrogens is 1. The van der Waals surface area contributed by atoms with Gasteiger partial charge in [-0.15, -0.1) is 5.01 Å². The van der Waals surface area contributed by atoms with Gasteiger partial charge in [0.1, 0.15) is 11.3 Å². The Morgan fingerprint density at radius 3 is 2.56 bits per heavy atom. The van der Waals surface area contributed by atoms with E-state index in [0.717, 1.165) is 5.01 Å². The fraction of sp³-hybridized carbons (Fsp3) is 0.188. The van der Waals surface area contributed by atoms with E-state index >= 15 is 0 Å². The van der Waals surface area contributed by atoms with Gasteiger partial charge in [0.25, 0.3) is 5.91 Å². The average Bonchev–Trinajstić information content (AvgIpc) is 3.14. The van der Waals surface area contributed by atoms with Gasteiger partial charge in [0.05, 0.1) is 11.9 Å². The minimum atomic E-state index is -2.94. The molecule has 0 saturated carbocycles. The number of alkyl halides is 2. The molecule has 2 aromatic rings. The summed E-state index contributed by atoms with van der Waals surface area (Å²) in [7, 11) is 0. The monoisotopic (exact) mass is 348 g/mol. The third kappa shape index (κ3) is 3.21. The van der Waals surface area contributed by atoms with Crippen molar-refractivity contribution >= 4 is 18.2 Å². The molecule has 1 aromatic carbocycles. The summed E-state index contributed by atoms with van der Waals surface area (Å²) in [6.45, 7) is -1.42. The lowest BCUT2D eigenvalue weighted by Gasteiger charge is -2.21. The summed E-state index contributed by atoms with van der Waals surface area (Å²) in [4.78, 5) is 27.6. The molecule has 25 heavy (non-hydrogen) atoms. The van der Waals surface area contributed by atoms with Crippen LogP contribution in [-0.2, 0) is 10.3 Å². The Morgan fingerprint density at radius 1 is 1.24 bits per heavy atom. The van der Waals surface area contributed by atoms with Crippen LogP contribution in [0, 0.1) is 0 Å². The first kappa shape index (κ1) is 16.6. The molecule has 3 rings (SSSR count). The first-order valence-corrected chi connectivity index (χ1v) is 7.29. The number of hydrazone groups is 1. The maximum Gasteiger partial charge on any atom is 0.387 e. The predicted molar refractivity (Wildman–Crippen MR) is 84.2 cm³/mol. The van der Waals surface area contributed by atoms with Crippen molar-refractivity contribution in [2.75, 3.05) is 0 Å². The maximum atomic E-state index is 12.6. The molecule has 0 radical (unpaired) electrons. The van der Waals surface area contributed by atoms with Gasteiger partial charge in [0.2, 0.25) is 0 Å². The molecule has 2 heterocycles. The number of H-pyrrole nitrogens is 1. The van der Waals surface area contributed by atoms with Crippen LogP contribution in [0.15, 0.2) is 47.7 Å². The molecule has 0 aliphatic carbocycles. The van der Waals surface area contributed by atoms with E-state index in [4.69, 9.17) is 0 Å². The molecule has 1 fully saturated rings. The van der Waals surface area contributed by atoms with Crippen LogP contribution in [-0.4, -0.2) is 34.8 Å². The van der Waals surface area contributed by atoms with E-state index < -0.39 is 24.1 Å². The van der Waals surface area contributed by atoms with Crippen LogP contribution in [0.1, 0.15) is 18.2 Å². The number of halogens is 2. The number of aromatic amines is 1. The third-order valence-corrected chi connectivity index (χ3v) is 3.76. The fourth-order valence-electron chi connectivity index (χ4n) is 2.44. The van der Waals surface area contributed by atoms with Crippen LogP contribution in [0.4, 0.5) is 13.6 Å². The van der Waals surface area contributed by atoms with Crippen LogP contribution >= 0.6 is 0 Å². The molecule has 130 valence electrons. The highest BCUT2D eigenvalue weighted by molar-refractivity contribution is 6.07. The van der Waals surface area contributed by atoms with Crippen molar-refractivity contribution in [3.05, 3.63) is 53.9 Å². The van der Waals surface area contributed by atoms with E-state index in [9.17, 15) is 18.4 Å². The second kappa shape index (κ2) is 6.34. The number of rotatable bonds is 5. The van der Waals surface area contributed by atoms with E-state index in [-0.39, 0.29) is 5.75 Å². The van der Waals surface area contributed by atoms with Gasteiger partial charge in [0, 0.05) is 6.20 Å². The summed E-state index contributed by atoms with van der Waals surface area (Å²) >= 11 is 0. The van der Waals surface area contributed by atoms with Crippen LogP contribution in [0.2, 0.25) is 0 Å². The number of carbonyl (C=O) groups is 2. The highest BCUT2D eigenvalue weighted by Crippen LogP contribution is 2.30. The smallest absolute Gasteiger partial charge is 0.387 e. The Kier molecular flexibility index (Phi) is 4.22. The molecular formula is C16H14F2N4O3. The lowest BCUT2D eigenvalue weighted by molar-refractivity contribution is -0.131. The first-order valence-electron chi connectivity index (χ1n) is 7.29. The van der Waals surface area contributed by atoms with E-state index in [1.54, 1.807) is 18.3 Å². The Balaban J connectivity index is 1.81. The summed E-state index contributed by atoms with van der Waals surface area (Å²) in [5.41, 5.74) is -0.305. The van der Waals surface area contributed by atoms with E-state index in [1.165, 1.54) is 37.4 Å². The molecule has 2 N–H and O–H groups in total. The normalized spacial score (nSPS) is 20.6. The number of imide groups is 1. The van der Waals surface area contributed by atoms with Crippen LogP contribution in [0.5, 0.6) is 5.75 Å². The first-order chi connectivity index (χ1) is 11.9. The number of urea groups is 1. The summed E-state index contributed by atoms with van der Waals surface area (Å²) < 4.78 is 28.7. The van der Waals surface area contributed by atoms with Crippen molar-refractivity contribution in [2.24, 2.45) is 5.10 Å². The molecule has 1 aromatic heterocycles. The molecule has 1 saturated heterocycles. The lowest BCUT2D eigenvalue weighted by atomic mass is 9.92. The van der Waals surface area contributed by atoms with E-state index in [2.05, 4.69) is 20.1 Å².